The van der Waals surface area contributed by atoms with Gasteiger partial charge in [0, 0.05) is 38.5 Å². The number of aromatic nitrogens is 2. The van der Waals surface area contributed by atoms with Crippen LogP contribution in [0, 0.1) is 0 Å². The molecule has 0 amide bonds. The highest BCUT2D eigenvalue weighted by molar-refractivity contribution is 6.21. The van der Waals surface area contributed by atoms with Crippen LogP contribution in [0.15, 0.2) is 170 Å². The SMILES string of the molecule is c1ccc(-c2c3ccccc3cc3c4ccccc4n(-c4ccc5c(c4)c4ccccc4n5-c4ccc5ccccc5c4)c23)cc1. The van der Waals surface area contributed by atoms with E-state index in [4.69, 9.17) is 0 Å². The summed E-state index contributed by atoms with van der Waals surface area (Å²) < 4.78 is 4.90. The summed E-state index contributed by atoms with van der Waals surface area (Å²) in [4.78, 5) is 0. The van der Waals surface area contributed by atoms with Crippen molar-refractivity contribution in [2.24, 2.45) is 0 Å². The second kappa shape index (κ2) is 9.69. The normalized spacial score (nSPS) is 11.9. The molecule has 0 radical (unpaired) electrons. The smallest absolute Gasteiger partial charge is 0.0625 e. The van der Waals surface area contributed by atoms with Gasteiger partial charge in [-0.1, -0.05) is 121 Å². The third-order valence-electron chi connectivity index (χ3n) is 9.65. The van der Waals surface area contributed by atoms with Crippen LogP contribution in [-0.2, 0) is 0 Å². The fraction of sp³-hybridized carbons (Fsp3) is 0. The number of hydrogen-bond donors (Lipinski definition) is 0. The zero-order valence-corrected chi connectivity index (χ0v) is 25.1. The molecule has 46 heavy (non-hydrogen) atoms. The molecule has 0 spiro atoms. The minimum absolute atomic E-state index is 1.16. The maximum atomic E-state index is 2.49. The first-order valence-corrected chi connectivity index (χ1v) is 15.9. The molecule has 0 saturated heterocycles. The summed E-state index contributed by atoms with van der Waals surface area (Å²) in [5.74, 6) is 0. The Morgan fingerprint density at radius 3 is 1.67 bits per heavy atom. The van der Waals surface area contributed by atoms with Crippen LogP contribution in [0.25, 0.3) is 87.7 Å². The standard InChI is InChI=1S/C44H28N2/c1-2-13-30(14-3-1)43-35-17-7-6-16-32(35)27-39-37-19-9-11-21-41(37)46(44(39)43)34-24-25-42-38(28-34)36-18-8-10-20-40(36)45(42)33-23-22-29-12-4-5-15-31(29)26-33/h1-28H. The molecule has 2 nitrogen and oxygen atoms in total. The Bertz CT molecular complexity index is 2800. The van der Waals surface area contributed by atoms with E-state index in [-0.39, 0.29) is 0 Å². The molecule has 2 aromatic heterocycles. The monoisotopic (exact) mass is 584 g/mol. The van der Waals surface area contributed by atoms with Crippen molar-refractivity contribution in [1.29, 1.82) is 0 Å². The number of fused-ring (bicyclic) bond motifs is 8. The van der Waals surface area contributed by atoms with Crippen molar-refractivity contribution >= 4 is 65.2 Å². The maximum absolute atomic E-state index is 2.49. The summed E-state index contributed by atoms with van der Waals surface area (Å²) in [6.07, 6.45) is 0. The topological polar surface area (TPSA) is 9.86 Å². The largest absolute Gasteiger partial charge is 0.309 e. The molecule has 0 unspecified atom stereocenters. The van der Waals surface area contributed by atoms with E-state index in [0.29, 0.717) is 0 Å². The number of rotatable bonds is 3. The van der Waals surface area contributed by atoms with Crippen LogP contribution in [0.5, 0.6) is 0 Å². The first-order valence-electron chi connectivity index (χ1n) is 15.9. The molecule has 0 N–H and O–H groups in total. The predicted octanol–water partition coefficient (Wildman–Crippen LogP) is 11.9. The molecule has 0 aliphatic rings. The Hall–Kier alpha value is -6.12. The van der Waals surface area contributed by atoms with Gasteiger partial charge in [0.05, 0.1) is 22.1 Å². The minimum Gasteiger partial charge on any atom is -0.309 e. The van der Waals surface area contributed by atoms with Gasteiger partial charge < -0.3 is 9.13 Å². The van der Waals surface area contributed by atoms with Gasteiger partial charge in [-0.25, -0.2) is 0 Å². The Morgan fingerprint density at radius 2 is 0.870 bits per heavy atom. The fourth-order valence-electron chi connectivity index (χ4n) is 7.65. The molecule has 10 aromatic rings. The third-order valence-corrected chi connectivity index (χ3v) is 9.65. The number of hydrogen-bond acceptors (Lipinski definition) is 0. The number of para-hydroxylation sites is 2. The Morgan fingerprint density at radius 1 is 0.304 bits per heavy atom. The average Bonchev–Trinajstić information content (AvgIpc) is 3.63. The van der Waals surface area contributed by atoms with Gasteiger partial charge in [0.15, 0.2) is 0 Å². The highest BCUT2D eigenvalue weighted by Gasteiger charge is 2.20. The van der Waals surface area contributed by atoms with E-state index in [2.05, 4.69) is 179 Å². The molecule has 0 saturated carbocycles. The predicted molar refractivity (Wildman–Crippen MR) is 196 cm³/mol. The van der Waals surface area contributed by atoms with Gasteiger partial charge in [0.1, 0.15) is 0 Å². The summed E-state index contributed by atoms with van der Waals surface area (Å²) in [7, 11) is 0. The third kappa shape index (κ3) is 3.59. The molecule has 0 bridgehead atoms. The van der Waals surface area contributed by atoms with E-state index in [0.717, 1.165) is 5.69 Å². The number of nitrogens with zero attached hydrogens (tertiary/aromatic N) is 2. The minimum atomic E-state index is 1.16. The molecule has 2 heterocycles. The first kappa shape index (κ1) is 25.2. The van der Waals surface area contributed by atoms with Crippen LogP contribution in [-0.4, -0.2) is 9.13 Å². The van der Waals surface area contributed by atoms with Crippen molar-refractivity contribution in [1.82, 2.24) is 9.13 Å². The van der Waals surface area contributed by atoms with E-state index in [1.165, 1.54) is 82.0 Å². The molecular formula is C44H28N2. The van der Waals surface area contributed by atoms with Gasteiger partial charge in [-0.3, -0.25) is 0 Å². The summed E-state index contributed by atoms with van der Waals surface area (Å²) in [6, 6.07) is 62.0. The second-order valence-electron chi connectivity index (χ2n) is 12.2. The summed E-state index contributed by atoms with van der Waals surface area (Å²) in [6.45, 7) is 0. The Balaban J connectivity index is 1.32. The lowest BCUT2D eigenvalue weighted by Gasteiger charge is -2.15. The van der Waals surface area contributed by atoms with Crippen molar-refractivity contribution in [3.63, 3.8) is 0 Å². The van der Waals surface area contributed by atoms with Crippen LogP contribution in [0.1, 0.15) is 0 Å². The molecule has 0 fully saturated rings. The molecule has 214 valence electrons. The van der Waals surface area contributed by atoms with Gasteiger partial charge in [-0.15, -0.1) is 0 Å². The summed E-state index contributed by atoms with van der Waals surface area (Å²) in [5.41, 5.74) is 9.69. The molecule has 0 aliphatic heterocycles. The zero-order valence-electron chi connectivity index (χ0n) is 25.1. The van der Waals surface area contributed by atoms with Crippen molar-refractivity contribution < 1.29 is 0 Å². The lowest BCUT2D eigenvalue weighted by molar-refractivity contribution is 1.17. The summed E-state index contributed by atoms with van der Waals surface area (Å²) >= 11 is 0. The first-order chi connectivity index (χ1) is 22.8. The zero-order chi connectivity index (χ0) is 30.2. The van der Waals surface area contributed by atoms with Crippen molar-refractivity contribution in [2.45, 2.75) is 0 Å². The molecular weight excluding hydrogens is 556 g/mol. The maximum Gasteiger partial charge on any atom is 0.0625 e. The Kier molecular flexibility index (Phi) is 5.31. The van der Waals surface area contributed by atoms with Crippen LogP contribution < -0.4 is 0 Å². The second-order valence-corrected chi connectivity index (χ2v) is 12.2. The van der Waals surface area contributed by atoms with E-state index < -0.39 is 0 Å². The number of benzene rings is 8. The molecule has 10 rings (SSSR count). The highest BCUT2D eigenvalue weighted by Crippen LogP contribution is 2.43. The van der Waals surface area contributed by atoms with Crippen molar-refractivity contribution in [3.8, 4) is 22.5 Å². The van der Waals surface area contributed by atoms with Gasteiger partial charge in [0.2, 0.25) is 0 Å². The van der Waals surface area contributed by atoms with Crippen LogP contribution in [0.4, 0.5) is 0 Å². The fourth-order valence-corrected chi connectivity index (χ4v) is 7.65. The Labute approximate surface area is 266 Å². The van der Waals surface area contributed by atoms with E-state index >= 15 is 0 Å². The lowest BCUT2D eigenvalue weighted by atomic mass is 9.95. The van der Waals surface area contributed by atoms with Crippen LogP contribution in [0.2, 0.25) is 0 Å². The van der Waals surface area contributed by atoms with E-state index in [1.54, 1.807) is 0 Å². The van der Waals surface area contributed by atoms with Crippen molar-refractivity contribution in [2.75, 3.05) is 0 Å². The average molecular weight is 585 g/mol. The molecule has 0 aliphatic carbocycles. The van der Waals surface area contributed by atoms with Crippen molar-refractivity contribution in [3.05, 3.63) is 170 Å². The van der Waals surface area contributed by atoms with Crippen LogP contribution >= 0.6 is 0 Å². The molecule has 0 atom stereocenters. The van der Waals surface area contributed by atoms with Gasteiger partial charge >= 0.3 is 0 Å². The van der Waals surface area contributed by atoms with E-state index in [9.17, 15) is 0 Å². The van der Waals surface area contributed by atoms with Gasteiger partial charge in [0.25, 0.3) is 0 Å². The van der Waals surface area contributed by atoms with Crippen LogP contribution in [0.3, 0.4) is 0 Å². The van der Waals surface area contributed by atoms with Gasteiger partial charge in [-0.2, -0.15) is 0 Å². The van der Waals surface area contributed by atoms with E-state index in [1.807, 2.05) is 0 Å². The summed E-state index contributed by atoms with van der Waals surface area (Å²) in [5, 5.41) is 10.0. The lowest BCUT2D eigenvalue weighted by Crippen LogP contribution is -1.97. The quantitative estimate of drug-likeness (QED) is 0.195. The van der Waals surface area contributed by atoms with Gasteiger partial charge in [-0.05, 0) is 75.6 Å². The molecule has 8 aromatic carbocycles. The molecule has 2 heteroatoms. The highest BCUT2D eigenvalue weighted by atomic mass is 15.0.